The highest BCUT2D eigenvalue weighted by atomic mass is 32.2. The second kappa shape index (κ2) is 15.3. The first-order chi connectivity index (χ1) is 28.0. The van der Waals surface area contributed by atoms with E-state index in [4.69, 9.17) is 19.2 Å². The molecule has 5 aliphatic rings. The first kappa shape index (κ1) is 43.3. The third kappa shape index (κ3) is 8.05. The molecule has 7 rings (SSSR count). The molecular weight excluding hydrogens is 801 g/mol. The lowest BCUT2D eigenvalue weighted by molar-refractivity contribution is -0.142. The number of hydrogen-bond donors (Lipinski definition) is 3. The number of nitrogens with zero attached hydrogens (tertiary/aromatic N) is 2. The number of allylic oxidation sites excluding steroid dienone is 1. The molecule has 2 fully saturated rings. The highest BCUT2D eigenvalue weighted by molar-refractivity contribution is 7.91. The van der Waals surface area contributed by atoms with Crippen LogP contribution in [0.5, 0.6) is 11.5 Å². The van der Waals surface area contributed by atoms with Crippen molar-refractivity contribution in [2.75, 3.05) is 13.7 Å². The third-order valence-corrected chi connectivity index (χ3v) is 14.4. The molecule has 1 spiro atoms. The maximum Gasteiger partial charge on any atom is 0.408 e. The summed E-state index contributed by atoms with van der Waals surface area (Å²) < 4.78 is 79.5. The first-order valence-corrected chi connectivity index (χ1v) is 22.1. The van der Waals surface area contributed by atoms with Crippen LogP contribution in [0.1, 0.15) is 117 Å². The molecule has 326 valence electrons. The number of alkyl halides is 2. The highest BCUT2D eigenvalue weighted by Crippen LogP contribution is 2.55. The van der Waals surface area contributed by atoms with Crippen molar-refractivity contribution in [1.29, 1.82) is 0 Å². The molecule has 0 radical (unpaired) electrons. The van der Waals surface area contributed by atoms with Gasteiger partial charge in [0.15, 0.2) is 5.75 Å². The number of hydrogen-bond acceptors (Lipinski definition) is 10. The Balaban J connectivity index is 1.32. The van der Waals surface area contributed by atoms with Gasteiger partial charge >= 0.3 is 6.09 Å². The zero-order chi connectivity index (χ0) is 43.6. The van der Waals surface area contributed by atoms with Crippen LogP contribution >= 0.6 is 0 Å². The third-order valence-electron chi connectivity index (χ3n) is 12.3. The highest BCUT2D eigenvalue weighted by Gasteiger charge is 2.62. The molecular formula is C43H55F2N5O9S. The van der Waals surface area contributed by atoms with Crippen molar-refractivity contribution in [3.63, 3.8) is 0 Å². The van der Waals surface area contributed by atoms with E-state index in [0.717, 1.165) is 4.90 Å². The maximum atomic E-state index is 17.1. The number of pyridine rings is 1. The molecule has 2 aromatic rings. The Hall–Kier alpha value is -4.80. The molecule has 4 amide bonds. The summed E-state index contributed by atoms with van der Waals surface area (Å²) in [6, 6.07) is 2.00. The van der Waals surface area contributed by atoms with Gasteiger partial charge in [0.1, 0.15) is 34.6 Å². The standard InChI is InChI=1S/C43H55F2N5O9S/c1-25(2)33-34-32(28-21-27(57-7)15-16-29(28)46-33)43(44,45)23-41(58-34)22-31-35(51)48-42(37(53)49-60(55,56)40(6)19-20-40)18-17-26(42)13-11-9-8-10-12-14-30(36(52)50(31)24-41)47-38(54)59-39(3,4)5/h11,13,15-18,21,25-26,30-31H,8-10,12,14,19-20,22-24H2,1-7H3,(H,47,54)(H,48,51)(H,49,53). The Morgan fingerprint density at radius 2 is 1.83 bits per heavy atom. The van der Waals surface area contributed by atoms with E-state index in [1.165, 1.54) is 26.2 Å². The maximum absolute atomic E-state index is 17.1. The van der Waals surface area contributed by atoms with Gasteiger partial charge in [-0.1, -0.05) is 51.0 Å². The molecule has 1 saturated heterocycles. The van der Waals surface area contributed by atoms with Gasteiger partial charge in [0, 0.05) is 17.7 Å². The lowest BCUT2D eigenvalue weighted by atomic mass is 9.73. The molecule has 5 atom stereocenters. The monoisotopic (exact) mass is 855 g/mol. The molecule has 2 aliphatic carbocycles. The van der Waals surface area contributed by atoms with Crippen LogP contribution in [0.3, 0.4) is 0 Å². The van der Waals surface area contributed by atoms with Crippen molar-refractivity contribution in [2.45, 2.75) is 145 Å². The van der Waals surface area contributed by atoms with E-state index >= 15 is 8.78 Å². The van der Waals surface area contributed by atoms with E-state index in [1.54, 1.807) is 58.9 Å². The van der Waals surface area contributed by atoms with Gasteiger partial charge < -0.3 is 29.7 Å². The average molecular weight is 856 g/mol. The number of halogens is 2. The Kier molecular flexibility index (Phi) is 11.0. The summed E-state index contributed by atoms with van der Waals surface area (Å²) >= 11 is 0. The Morgan fingerprint density at radius 1 is 1.10 bits per heavy atom. The molecule has 3 aliphatic heterocycles. The van der Waals surface area contributed by atoms with Gasteiger partial charge in [-0.3, -0.25) is 19.1 Å². The molecule has 1 aromatic heterocycles. The summed E-state index contributed by atoms with van der Waals surface area (Å²) in [4.78, 5) is 62.9. The molecule has 5 unspecified atom stereocenters. The lowest BCUT2D eigenvalue weighted by Crippen LogP contribution is -2.67. The number of methoxy groups -OCH3 is 1. The lowest BCUT2D eigenvalue weighted by Gasteiger charge is -2.42. The zero-order valence-corrected chi connectivity index (χ0v) is 36.0. The largest absolute Gasteiger partial charge is 0.497 e. The number of aromatic nitrogens is 1. The molecule has 1 aromatic carbocycles. The zero-order valence-electron chi connectivity index (χ0n) is 35.2. The van der Waals surface area contributed by atoms with Crippen LogP contribution in [0, 0.1) is 5.92 Å². The predicted molar refractivity (Wildman–Crippen MR) is 218 cm³/mol. The molecule has 60 heavy (non-hydrogen) atoms. The fourth-order valence-corrected chi connectivity index (χ4v) is 9.91. The van der Waals surface area contributed by atoms with Crippen molar-refractivity contribution in [2.24, 2.45) is 5.92 Å². The van der Waals surface area contributed by atoms with E-state index in [2.05, 4.69) is 15.4 Å². The van der Waals surface area contributed by atoms with Crippen LogP contribution in [0.2, 0.25) is 0 Å². The molecule has 1 saturated carbocycles. The van der Waals surface area contributed by atoms with E-state index < -0.39 is 98.6 Å². The normalized spacial score (nSPS) is 28.6. The fourth-order valence-electron chi connectivity index (χ4n) is 8.61. The summed E-state index contributed by atoms with van der Waals surface area (Å²) in [7, 11) is -2.71. The minimum atomic E-state index is -4.14. The summed E-state index contributed by atoms with van der Waals surface area (Å²) in [5, 5.41) is 5.58. The topological polar surface area (TPSA) is 182 Å². The van der Waals surface area contributed by atoms with Crippen LogP contribution < -0.4 is 24.8 Å². The molecule has 0 bridgehead atoms. The number of ether oxygens (including phenoxy) is 3. The minimum Gasteiger partial charge on any atom is -0.497 e. The SMILES string of the molecule is COc1ccc2nc(C(C)C)c3c(c2c1)C(F)(F)CC1(CC2C(=O)NC4(C(=O)NS(=O)(=O)C5(C)CC5)C=CC4C=CCCCCCC(NC(=O)OC(C)(C)C)C(=O)N2C1)O3. The van der Waals surface area contributed by atoms with E-state index in [9.17, 15) is 27.6 Å². The van der Waals surface area contributed by atoms with E-state index in [1.807, 2.05) is 6.08 Å². The Bertz CT molecular complexity index is 2270. The number of nitrogens with one attached hydrogen (secondary N) is 3. The van der Waals surface area contributed by atoms with E-state index in [-0.39, 0.29) is 34.7 Å². The quantitative estimate of drug-likeness (QED) is 0.290. The molecule has 3 N–H and O–H groups in total. The van der Waals surface area contributed by atoms with Crippen LogP contribution in [-0.4, -0.2) is 89.3 Å². The number of sulfonamides is 1. The Morgan fingerprint density at radius 3 is 2.47 bits per heavy atom. The van der Waals surface area contributed by atoms with Crippen molar-refractivity contribution in [1.82, 2.24) is 25.2 Å². The number of carbonyl (C=O) groups excluding carboxylic acids is 4. The van der Waals surface area contributed by atoms with Gasteiger partial charge in [-0.15, -0.1) is 0 Å². The number of fused-ring (bicyclic) bond motifs is 5. The smallest absolute Gasteiger partial charge is 0.408 e. The second-order valence-corrected chi connectivity index (χ2v) is 20.7. The minimum absolute atomic E-state index is 0.135. The number of benzene rings is 1. The van der Waals surface area contributed by atoms with Gasteiger partial charge in [0.2, 0.25) is 21.8 Å². The van der Waals surface area contributed by atoms with Gasteiger partial charge in [0.25, 0.3) is 11.8 Å². The van der Waals surface area contributed by atoms with Gasteiger partial charge in [-0.2, -0.15) is 0 Å². The summed E-state index contributed by atoms with van der Waals surface area (Å²) in [5.74, 6) is -7.10. The van der Waals surface area contributed by atoms with Crippen LogP contribution in [0.15, 0.2) is 42.5 Å². The van der Waals surface area contributed by atoms with Crippen LogP contribution in [-0.2, 0) is 35.1 Å². The van der Waals surface area contributed by atoms with Crippen molar-refractivity contribution in [3.8, 4) is 11.5 Å². The van der Waals surface area contributed by atoms with Gasteiger partial charge in [0.05, 0.1) is 41.6 Å². The average Bonchev–Trinajstić information content (AvgIpc) is 3.81. The van der Waals surface area contributed by atoms with Crippen molar-refractivity contribution >= 4 is 44.7 Å². The predicted octanol–water partition coefficient (Wildman–Crippen LogP) is 6.03. The molecule has 4 heterocycles. The molecule has 14 nitrogen and oxygen atoms in total. The number of rotatable bonds is 6. The first-order valence-electron chi connectivity index (χ1n) is 20.7. The Labute approximate surface area is 349 Å². The summed E-state index contributed by atoms with van der Waals surface area (Å²) in [5.41, 5.74) is -4.43. The van der Waals surface area contributed by atoms with Crippen LogP contribution in [0.4, 0.5) is 13.6 Å². The van der Waals surface area contributed by atoms with E-state index in [0.29, 0.717) is 49.8 Å². The number of alkyl carbamates (subject to hydrolysis) is 1. The van der Waals surface area contributed by atoms with Gasteiger partial charge in [-0.05, 0) is 83.9 Å². The summed E-state index contributed by atoms with van der Waals surface area (Å²) in [6.45, 7) is 9.67. The second-order valence-electron chi connectivity index (χ2n) is 18.5. The summed E-state index contributed by atoms with van der Waals surface area (Å²) in [6.07, 6.45) is 7.72. The molecule has 17 heteroatoms. The van der Waals surface area contributed by atoms with Crippen molar-refractivity contribution < 1.29 is 50.6 Å². The van der Waals surface area contributed by atoms with Crippen LogP contribution in [0.25, 0.3) is 10.9 Å². The van der Waals surface area contributed by atoms with Gasteiger partial charge in [-0.25, -0.2) is 27.0 Å². The number of carbonyl (C=O) groups is 4. The number of amides is 4. The van der Waals surface area contributed by atoms with Crippen molar-refractivity contribution in [3.05, 3.63) is 53.8 Å². The fraction of sp³-hybridized carbons (Fsp3) is 0.605.